The largest absolute Gasteiger partial charge is 0.480 e. The van der Waals surface area contributed by atoms with Crippen LogP contribution in [0.25, 0.3) is 0 Å². The van der Waals surface area contributed by atoms with Crippen LogP contribution in [-0.2, 0) is 4.79 Å². The Bertz CT molecular complexity index is 490. The first-order chi connectivity index (χ1) is 8.97. The highest BCUT2D eigenvalue weighted by molar-refractivity contribution is 6.28. The Kier molecular flexibility index (Phi) is 3.70. The fourth-order valence-electron chi connectivity index (χ4n) is 2.01. The highest BCUT2D eigenvalue weighted by atomic mass is 35.5. The lowest BCUT2D eigenvalue weighted by atomic mass is 10.2. The Hall–Kier alpha value is -2.09. The Labute approximate surface area is 113 Å². The predicted octanol–water partition coefficient (Wildman–Crippen LogP) is 0.747. The lowest BCUT2D eigenvalue weighted by Gasteiger charge is -2.16. The Morgan fingerprint density at radius 1 is 1.47 bits per heavy atom. The van der Waals surface area contributed by atoms with Crippen LogP contribution in [0.1, 0.15) is 6.42 Å². The first-order valence-corrected chi connectivity index (χ1v) is 5.82. The van der Waals surface area contributed by atoms with Crippen LogP contribution in [0.15, 0.2) is 12.3 Å². The summed E-state index contributed by atoms with van der Waals surface area (Å²) in [5, 5.41) is 20.9. The number of aromatic nitrogens is 2. The van der Waals surface area contributed by atoms with Gasteiger partial charge in [-0.1, -0.05) is 0 Å². The number of hydrogen-bond donors (Lipinski definition) is 3. The highest BCUT2D eigenvalue weighted by Crippen LogP contribution is 2.21. The van der Waals surface area contributed by atoms with Crippen molar-refractivity contribution < 1.29 is 19.8 Å². The molecule has 1 aliphatic heterocycles. The van der Waals surface area contributed by atoms with E-state index in [2.05, 4.69) is 15.3 Å². The number of nitrogens with zero attached hydrogens (tertiary/aromatic N) is 3. The molecule has 2 rings (SSSR count). The summed E-state index contributed by atoms with van der Waals surface area (Å²) >= 11 is 5.63. The van der Waals surface area contributed by atoms with Crippen molar-refractivity contribution >= 4 is 29.5 Å². The van der Waals surface area contributed by atoms with Crippen LogP contribution in [-0.4, -0.2) is 55.8 Å². The van der Waals surface area contributed by atoms with E-state index in [0.717, 1.165) is 4.90 Å². The maximum Gasteiger partial charge on any atom is 0.408 e. The first-order valence-electron chi connectivity index (χ1n) is 5.45. The molecular formula is C10H11ClN4O4. The SMILES string of the molecule is O=C(O)[C@@H]1C[C@H](Nc2ccnc(Cl)n2)CN1C(=O)O. The zero-order valence-corrected chi connectivity index (χ0v) is 10.4. The van der Waals surface area contributed by atoms with E-state index in [1.165, 1.54) is 6.20 Å². The second-order valence-electron chi connectivity index (χ2n) is 4.08. The van der Waals surface area contributed by atoms with E-state index in [4.69, 9.17) is 21.8 Å². The third-order valence-electron chi connectivity index (χ3n) is 2.81. The van der Waals surface area contributed by atoms with E-state index in [1.807, 2.05) is 0 Å². The van der Waals surface area contributed by atoms with Crippen LogP contribution in [0, 0.1) is 0 Å². The molecule has 0 bridgehead atoms. The number of hydrogen-bond acceptors (Lipinski definition) is 5. The van der Waals surface area contributed by atoms with Gasteiger partial charge in [0.05, 0.1) is 0 Å². The molecule has 0 radical (unpaired) electrons. The molecule has 1 aromatic heterocycles. The number of carboxylic acids is 1. The van der Waals surface area contributed by atoms with Crippen molar-refractivity contribution in [3.8, 4) is 0 Å². The molecule has 1 amide bonds. The number of likely N-dealkylation sites (tertiary alicyclic amines) is 1. The summed E-state index contributed by atoms with van der Waals surface area (Å²) in [5.74, 6) is -0.728. The average Bonchev–Trinajstić information content (AvgIpc) is 2.73. The van der Waals surface area contributed by atoms with Crippen LogP contribution < -0.4 is 5.32 Å². The zero-order valence-electron chi connectivity index (χ0n) is 9.65. The molecule has 3 N–H and O–H groups in total. The molecule has 1 saturated heterocycles. The van der Waals surface area contributed by atoms with Crippen molar-refractivity contribution in [1.82, 2.24) is 14.9 Å². The van der Waals surface area contributed by atoms with E-state index >= 15 is 0 Å². The molecule has 0 aliphatic carbocycles. The highest BCUT2D eigenvalue weighted by Gasteiger charge is 2.39. The van der Waals surface area contributed by atoms with Crippen LogP contribution in [0.4, 0.5) is 10.6 Å². The normalized spacial score (nSPS) is 22.3. The number of halogens is 1. The number of nitrogens with one attached hydrogen (secondary N) is 1. The molecule has 0 spiro atoms. The van der Waals surface area contributed by atoms with Gasteiger partial charge >= 0.3 is 12.1 Å². The van der Waals surface area contributed by atoms with Gasteiger partial charge < -0.3 is 15.5 Å². The standard InChI is InChI=1S/C10H11ClN4O4/c11-9-12-2-1-7(14-9)13-5-3-6(8(16)17)15(4-5)10(18)19/h1-2,5-6H,3-4H2,(H,16,17)(H,18,19)(H,12,13,14)/t5-,6-/m0/s1. The molecule has 2 atom stereocenters. The molecule has 102 valence electrons. The second-order valence-corrected chi connectivity index (χ2v) is 4.41. The maximum atomic E-state index is 11.0. The van der Waals surface area contributed by atoms with E-state index in [0.29, 0.717) is 5.82 Å². The number of carboxylic acid groups (broad SMARTS) is 2. The van der Waals surface area contributed by atoms with E-state index in [-0.39, 0.29) is 24.3 Å². The number of amides is 1. The molecule has 1 aromatic rings. The van der Waals surface area contributed by atoms with Crippen molar-refractivity contribution in [2.75, 3.05) is 11.9 Å². The van der Waals surface area contributed by atoms with Crippen LogP contribution >= 0.6 is 11.6 Å². The Morgan fingerprint density at radius 2 is 2.21 bits per heavy atom. The minimum Gasteiger partial charge on any atom is -0.480 e. The Morgan fingerprint density at radius 3 is 2.74 bits per heavy atom. The van der Waals surface area contributed by atoms with Gasteiger partial charge in [-0.25, -0.2) is 19.6 Å². The summed E-state index contributed by atoms with van der Waals surface area (Å²) in [6.45, 7) is 0.0773. The van der Waals surface area contributed by atoms with Gasteiger partial charge in [0.25, 0.3) is 0 Å². The van der Waals surface area contributed by atoms with Gasteiger partial charge in [0.2, 0.25) is 5.28 Å². The summed E-state index contributed by atoms with van der Waals surface area (Å²) in [6.07, 6.45) is 0.372. The van der Waals surface area contributed by atoms with Gasteiger partial charge in [-0.05, 0) is 17.7 Å². The van der Waals surface area contributed by atoms with Crippen molar-refractivity contribution in [2.45, 2.75) is 18.5 Å². The molecule has 1 aliphatic rings. The topological polar surface area (TPSA) is 116 Å². The van der Waals surface area contributed by atoms with Gasteiger partial charge in [-0.3, -0.25) is 4.90 Å². The second kappa shape index (κ2) is 5.27. The minimum atomic E-state index is -1.25. The molecule has 9 heteroatoms. The number of rotatable bonds is 3. The van der Waals surface area contributed by atoms with Crippen molar-refractivity contribution in [3.05, 3.63) is 17.5 Å². The summed E-state index contributed by atoms with van der Waals surface area (Å²) < 4.78 is 0. The zero-order chi connectivity index (χ0) is 14.0. The van der Waals surface area contributed by atoms with E-state index < -0.39 is 18.1 Å². The summed E-state index contributed by atoms with van der Waals surface area (Å²) in [5.41, 5.74) is 0. The fraction of sp³-hybridized carbons (Fsp3) is 0.400. The van der Waals surface area contributed by atoms with Crippen LogP contribution in [0.3, 0.4) is 0 Å². The minimum absolute atomic E-state index is 0.0628. The van der Waals surface area contributed by atoms with Crippen LogP contribution in [0.2, 0.25) is 5.28 Å². The average molecular weight is 287 g/mol. The molecule has 19 heavy (non-hydrogen) atoms. The summed E-state index contributed by atoms with van der Waals surface area (Å²) in [6, 6.07) is 0.195. The molecule has 0 aromatic carbocycles. The van der Waals surface area contributed by atoms with Crippen molar-refractivity contribution in [1.29, 1.82) is 0 Å². The van der Waals surface area contributed by atoms with Gasteiger partial charge in [0, 0.05) is 25.2 Å². The molecule has 0 saturated carbocycles. The molecule has 8 nitrogen and oxygen atoms in total. The summed E-state index contributed by atoms with van der Waals surface area (Å²) in [7, 11) is 0. The molecule has 0 unspecified atom stereocenters. The quantitative estimate of drug-likeness (QED) is 0.702. The van der Waals surface area contributed by atoms with Gasteiger partial charge in [-0.15, -0.1) is 0 Å². The number of carbonyl (C=O) groups is 2. The lowest BCUT2D eigenvalue weighted by Crippen LogP contribution is -2.39. The van der Waals surface area contributed by atoms with Gasteiger partial charge in [0.1, 0.15) is 11.9 Å². The fourth-order valence-corrected chi connectivity index (χ4v) is 2.16. The molecule has 2 heterocycles. The first kappa shape index (κ1) is 13.3. The van der Waals surface area contributed by atoms with Gasteiger partial charge in [0.15, 0.2) is 0 Å². The maximum absolute atomic E-state index is 11.0. The number of aliphatic carboxylic acids is 1. The van der Waals surface area contributed by atoms with Crippen molar-refractivity contribution in [2.24, 2.45) is 0 Å². The Balaban J connectivity index is 2.07. The third kappa shape index (κ3) is 3.02. The molecule has 1 fully saturated rings. The lowest BCUT2D eigenvalue weighted by molar-refractivity contribution is -0.141. The summed E-state index contributed by atoms with van der Waals surface area (Å²) in [4.78, 5) is 30.5. The van der Waals surface area contributed by atoms with E-state index in [1.54, 1.807) is 6.07 Å². The number of anilines is 1. The monoisotopic (exact) mass is 286 g/mol. The smallest absolute Gasteiger partial charge is 0.408 e. The van der Waals surface area contributed by atoms with Crippen molar-refractivity contribution in [3.63, 3.8) is 0 Å². The molecular weight excluding hydrogens is 276 g/mol. The predicted molar refractivity (Wildman–Crippen MR) is 65.2 cm³/mol. The van der Waals surface area contributed by atoms with Crippen LogP contribution in [0.5, 0.6) is 0 Å². The van der Waals surface area contributed by atoms with E-state index in [9.17, 15) is 9.59 Å². The van der Waals surface area contributed by atoms with Gasteiger partial charge in [-0.2, -0.15) is 0 Å². The third-order valence-corrected chi connectivity index (χ3v) is 2.99.